The highest BCUT2D eigenvalue weighted by molar-refractivity contribution is 6.22. The molecule has 2 fully saturated rings. The second-order valence-electron chi connectivity index (χ2n) is 8.80. The molecular weight excluding hydrogens is 388 g/mol. The van der Waals surface area contributed by atoms with Crippen molar-refractivity contribution in [2.75, 3.05) is 10.2 Å². The van der Waals surface area contributed by atoms with Crippen LogP contribution >= 0.6 is 0 Å². The number of para-hydroxylation sites is 1. The Balaban J connectivity index is 1.53. The topological polar surface area (TPSA) is 66.5 Å². The number of amides is 3. The average molecular weight is 419 g/mol. The lowest BCUT2D eigenvalue weighted by Crippen LogP contribution is -2.30. The molecule has 2 aromatic carbocycles. The summed E-state index contributed by atoms with van der Waals surface area (Å²) in [5.74, 6) is -0.291. The molecule has 1 saturated heterocycles. The predicted molar refractivity (Wildman–Crippen MR) is 122 cm³/mol. The molecule has 1 saturated carbocycles. The molecule has 1 N–H and O–H groups in total. The molecule has 0 aromatic heterocycles. The van der Waals surface area contributed by atoms with Crippen molar-refractivity contribution in [3.05, 3.63) is 59.2 Å². The summed E-state index contributed by atoms with van der Waals surface area (Å²) in [6.45, 7) is 6.29. The van der Waals surface area contributed by atoms with Crippen molar-refractivity contribution < 1.29 is 14.4 Å². The molecule has 4 rings (SSSR count). The van der Waals surface area contributed by atoms with Crippen LogP contribution in [0.5, 0.6) is 0 Å². The minimum Gasteiger partial charge on any atom is -0.321 e. The summed E-state index contributed by atoms with van der Waals surface area (Å²) in [5.41, 5.74) is 4.15. The van der Waals surface area contributed by atoms with Gasteiger partial charge in [0, 0.05) is 11.3 Å². The molecule has 31 heavy (non-hydrogen) atoms. The fourth-order valence-electron chi connectivity index (χ4n) is 4.99. The summed E-state index contributed by atoms with van der Waals surface area (Å²) < 4.78 is 0. The van der Waals surface area contributed by atoms with Crippen molar-refractivity contribution in [2.24, 2.45) is 17.8 Å². The number of rotatable bonds is 5. The molecule has 162 valence electrons. The Morgan fingerprint density at radius 2 is 1.55 bits per heavy atom. The number of hydrogen-bond donors (Lipinski definition) is 1. The molecule has 3 atom stereocenters. The molecule has 5 nitrogen and oxygen atoms in total. The van der Waals surface area contributed by atoms with Crippen molar-refractivity contribution in [1.82, 2.24) is 0 Å². The number of fused-ring (bicyclic) bond motifs is 1. The Bertz CT molecular complexity index is 990. The third-order valence-corrected chi connectivity index (χ3v) is 6.81. The van der Waals surface area contributed by atoms with Crippen LogP contribution in [-0.4, -0.2) is 17.7 Å². The largest absolute Gasteiger partial charge is 0.321 e. The second kappa shape index (κ2) is 8.66. The number of carbonyl (C=O) groups is 3. The predicted octanol–water partition coefficient (Wildman–Crippen LogP) is 4.99. The Morgan fingerprint density at radius 1 is 0.935 bits per heavy atom. The van der Waals surface area contributed by atoms with E-state index in [1.165, 1.54) is 4.90 Å². The second-order valence-corrected chi connectivity index (χ2v) is 8.80. The van der Waals surface area contributed by atoms with Gasteiger partial charge in [-0.05, 0) is 73.4 Å². The van der Waals surface area contributed by atoms with Crippen LogP contribution in [0.4, 0.5) is 11.4 Å². The van der Waals surface area contributed by atoms with Crippen molar-refractivity contribution >= 4 is 29.1 Å². The summed E-state index contributed by atoms with van der Waals surface area (Å²) in [4.78, 5) is 40.0. The Morgan fingerprint density at radius 3 is 2.16 bits per heavy atom. The molecule has 1 aliphatic heterocycles. The average Bonchev–Trinajstić information content (AvgIpc) is 3.03. The van der Waals surface area contributed by atoms with Crippen LogP contribution in [0.15, 0.2) is 42.5 Å². The van der Waals surface area contributed by atoms with Crippen LogP contribution in [0.2, 0.25) is 0 Å². The lowest BCUT2D eigenvalue weighted by Gasteiger charge is -2.25. The molecular formula is C26H30N2O3. The lowest BCUT2D eigenvalue weighted by molar-refractivity contribution is -0.122. The number of anilines is 2. The number of carbonyl (C=O) groups excluding carboxylic acids is 3. The zero-order valence-electron chi connectivity index (χ0n) is 18.5. The maximum Gasteiger partial charge on any atom is 0.255 e. The molecule has 0 spiro atoms. The van der Waals surface area contributed by atoms with Crippen LogP contribution in [-0.2, 0) is 22.4 Å². The standard InChI is InChI=1S/C26H30N2O3/c1-4-17-7-6-8-18(5-2)23(17)27-24(29)19-10-12-20(13-11-19)28-25(30)21-14-9-16(3)15-22(21)26(28)31/h6-8,10-13,16,21-22H,4-5,9,14-15H2,1-3H3,(H,27,29)/t16-,21+,22+/m1/s1. The monoisotopic (exact) mass is 418 g/mol. The molecule has 1 aliphatic carbocycles. The number of hydrogen-bond acceptors (Lipinski definition) is 3. The SMILES string of the molecule is CCc1cccc(CC)c1NC(=O)c1ccc(N2C(=O)[C@H]3CC[C@@H](C)C[C@@H]3C2=O)cc1. The maximum atomic E-state index is 12.9. The number of aryl methyl sites for hydroxylation is 2. The van der Waals surface area contributed by atoms with Crippen LogP contribution in [0.25, 0.3) is 0 Å². The highest BCUT2D eigenvalue weighted by Crippen LogP contribution is 2.42. The van der Waals surface area contributed by atoms with E-state index in [2.05, 4.69) is 26.1 Å². The van der Waals surface area contributed by atoms with Crippen LogP contribution in [0.3, 0.4) is 0 Å². The summed E-state index contributed by atoms with van der Waals surface area (Å²) >= 11 is 0. The van der Waals surface area contributed by atoms with Gasteiger partial charge in [-0.1, -0.05) is 39.0 Å². The van der Waals surface area contributed by atoms with Crippen molar-refractivity contribution in [3.63, 3.8) is 0 Å². The zero-order chi connectivity index (χ0) is 22.1. The maximum absolute atomic E-state index is 12.9. The van der Waals surface area contributed by atoms with E-state index in [0.29, 0.717) is 17.2 Å². The summed E-state index contributed by atoms with van der Waals surface area (Å²) in [6.07, 6.45) is 4.23. The Kier molecular flexibility index (Phi) is 5.94. The molecule has 1 heterocycles. The third-order valence-electron chi connectivity index (χ3n) is 6.81. The van der Waals surface area contributed by atoms with Crippen molar-refractivity contribution in [2.45, 2.75) is 52.9 Å². The van der Waals surface area contributed by atoms with E-state index in [-0.39, 0.29) is 29.6 Å². The van der Waals surface area contributed by atoms with Crippen molar-refractivity contribution in [1.29, 1.82) is 0 Å². The van der Waals surface area contributed by atoms with E-state index in [1.54, 1.807) is 24.3 Å². The van der Waals surface area contributed by atoms with Gasteiger partial charge in [0.2, 0.25) is 11.8 Å². The van der Waals surface area contributed by atoms with Gasteiger partial charge in [-0.2, -0.15) is 0 Å². The van der Waals surface area contributed by atoms with Gasteiger partial charge in [0.25, 0.3) is 5.91 Å². The summed E-state index contributed by atoms with van der Waals surface area (Å²) in [7, 11) is 0. The zero-order valence-corrected chi connectivity index (χ0v) is 18.5. The lowest BCUT2D eigenvalue weighted by atomic mass is 9.76. The van der Waals surface area contributed by atoms with Gasteiger partial charge >= 0.3 is 0 Å². The van der Waals surface area contributed by atoms with Gasteiger partial charge < -0.3 is 5.32 Å². The fraction of sp³-hybridized carbons (Fsp3) is 0.423. The van der Waals surface area contributed by atoms with Gasteiger partial charge in [-0.3, -0.25) is 19.3 Å². The molecule has 0 bridgehead atoms. The van der Waals surface area contributed by atoms with E-state index in [1.807, 2.05) is 18.2 Å². The minimum atomic E-state index is -0.197. The van der Waals surface area contributed by atoms with E-state index in [9.17, 15) is 14.4 Å². The Hall–Kier alpha value is -2.95. The summed E-state index contributed by atoms with van der Waals surface area (Å²) in [5, 5.41) is 3.06. The smallest absolute Gasteiger partial charge is 0.255 e. The normalized spacial score (nSPS) is 23.1. The molecule has 2 aromatic rings. The fourth-order valence-corrected chi connectivity index (χ4v) is 4.99. The van der Waals surface area contributed by atoms with Gasteiger partial charge in [-0.25, -0.2) is 0 Å². The van der Waals surface area contributed by atoms with E-state index < -0.39 is 0 Å². The first kappa shape index (κ1) is 21.3. The number of imide groups is 1. The minimum absolute atomic E-state index is 0.0939. The van der Waals surface area contributed by atoms with E-state index in [4.69, 9.17) is 0 Å². The third kappa shape index (κ3) is 3.89. The highest BCUT2D eigenvalue weighted by atomic mass is 16.2. The van der Waals surface area contributed by atoms with Crippen LogP contribution < -0.4 is 10.2 Å². The molecule has 3 amide bonds. The van der Waals surface area contributed by atoms with Crippen LogP contribution in [0.1, 0.15) is 61.5 Å². The van der Waals surface area contributed by atoms with Crippen LogP contribution in [0, 0.1) is 17.8 Å². The number of benzene rings is 2. The van der Waals surface area contributed by atoms with Gasteiger partial charge in [0.15, 0.2) is 0 Å². The first-order chi connectivity index (χ1) is 14.9. The number of nitrogens with one attached hydrogen (secondary N) is 1. The molecule has 0 unspecified atom stereocenters. The Labute approximate surface area is 183 Å². The van der Waals surface area contributed by atoms with Gasteiger partial charge in [0.05, 0.1) is 17.5 Å². The molecule has 2 aliphatic rings. The number of nitrogens with zero attached hydrogens (tertiary/aromatic N) is 1. The highest BCUT2D eigenvalue weighted by Gasteiger charge is 2.49. The van der Waals surface area contributed by atoms with E-state index in [0.717, 1.165) is 48.9 Å². The quantitative estimate of drug-likeness (QED) is 0.696. The van der Waals surface area contributed by atoms with E-state index >= 15 is 0 Å². The van der Waals surface area contributed by atoms with Gasteiger partial charge in [0.1, 0.15) is 0 Å². The first-order valence-electron chi connectivity index (χ1n) is 11.3. The summed E-state index contributed by atoms with van der Waals surface area (Å²) in [6, 6.07) is 12.9. The van der Waals surface area contributed by atoms with Gasteiger partial charge in [-0.15, -0.1) is 0 Å². The molecule has 5 heteroatoms. The molecule has 0 radical (unpaired) electrons. The van der Waals surface area contributed by atoms with Crippen molar-refractivity contribution in [3.8, 4) is 0 Å². The first-order valence-corrected chi connectivity index (χ1v) is 11.3.